The topological polar surface area (TPSA) is 42.0 Å². The van der Waals surface area contributed by atoms with Crippen molar-refractivity contribution in [2.24, 2.45) is 5.41 Å². The molecule has 0 fully saturated rings. The normalized spacial score (nSPS) is 17.7. The van der Waals surface area contributed by atoms with E-state index in [4.69, 9.17) is 0 Å². The third-order valence-corrected chi connectivity index (χ3v) is 3.20. The number of aromatic nitrogens is 1. The third-order valence-electron chi connectivity index (χ3n) is 3.20. The maximum Gasteiger partial charge on any atom is 0.274 e. The van der Waals surface area contributed by atoms with Gasteiger partial charge in [0.25, 0.3) is 5.91 Å². The van der Waals surface area contributed by atoms with E-state index in [0.29, 0.717) is 5.69 Å². The van der Waals surface area contributed by atoms with Crippen molar-refractivity contribution < 1.29 is 4.79 Å². The second kappa shape index (κ2) is 4.77. The van der Waals surface area contributed by atoms with E-state index >= 15 is 0 Å². The van der Waals surface area contributed by atoms with Crippen LogP contribution in [0.4, 0.5) is 0 Å². The fraction of sp³-hybridized carbons (Fsp3) is 0.333. The van der Waals surface area contributed by atoms with Crippen LogP contribution in [0.2, 0.25) is 0 Å². The minimum absolute atomic E-state index is 0.0384. The van der Waals surface area contributed by atoms with Gasteiger partial charge in [-0.15, -0.1) is 0 Å². The Bertz CT molecular complexity index is 513. The Morgan fingerprint density at radius 1 is 1.39 bits per heavy atom. The molecule has 1 N–H and O–H groups in total. The highest BCUT2D eigenvalue weighted by atomic mass is 16.1. The average molecular weight is 242 g/mol. The average Bonchev–Trinajstić information content (AvgIpc) is 2.34. The first-order valence-corrected chi connectivity index (χ1v) is 6.11. The Kier molecular flexibility index (Phi) is 3.32. The van der Waals surface area contributed by atoms with Crippen LogP contribution in [0, 0.1) is 5.41 Å². The van der Waals surface area contributed by atoms with Gasteiger partial charge in [0.15, 0.2) is 0 Å². The summed E-state index contributed by atoms with van der Waals surface area (Å²) >= 11 is 0. The number of nitrogens with one attached hydrogen (secondary N) is 1. The Morgan fingerprint density at radius 3 is 2.78 bits per heavy atom. The summed E-state index contributed by atoms with van der Waals surface area (Å²) in [6.07, 6.45) is 6.76. The lowest BCUT2D eigenvalue weighted by Crippen LogP contribution is -2.34. The van der Waals surface area contributed by atoms with Crippen LogP contribution in [-0.4, -0.2) is 10.9 Å². The van der Waals surface area contributed by atoms with E-state index in [9.17, 15) is 4.79 Å². The maximum atomic E-state index is 12.1. The first-order valence-electron chi connectivity index (χ1n) is 6.11. The van der Waals surface area contributed by atoms with Crippen molar-refractivity contribution in [3.05, 3.63) is 53.5 Å². The molecule has 0 spiro atoms. The largest absolute Gasteiger partial charge is 0.324 e. The second-order valence-electron chi connectivity index (χ2n) is 5.22. The van der Waals surface area contributed by atoms with Crippen LogP contribution in [0.15, 0.2) is 47.8 Å². The summed E-state index contributed by atoms with van der Waals surface area (Å²) in [6.45, 7) is 6.29. The molecule has 0 saturated carbocycles. The number of carbonyl (C=O) groups is 1. The van der Waals surface area contributed by atoms with E-state index in [2.05, 4.69) is 36.3 Å². The molecule has 1 amide bonds. The SMILES string of the molecule is CC1=C(NC(=O)c2ccccn2)C(C)(C)CC=C1. The minimum atomic E-state index is -0.145. The minimum Gasteiger partial charge on any atom is -0.324 e. The first-order chi connectivity index (χ1) is 8.50. The van der Waals surface area contributed by atoms with E-state index < -0.39 is 0 Å². The van der Waals surface area contributed by atoms with Crippen LogP contribution in [0.3, 0.4) is 0 Å². The molecule has 2 rings (SSSR count). The smallest absolute Gasteiger partial charge is 0.274 e. The summed E-state index contributed by atoms with van der Waals surface area (Å²) in [4.78, 5) is 16.2. The number of amides is 1. The van der Waals surface area contributed by atoms with Crippen molar-refractivity contribution in [2.75, 3.05) is 0 Å². The van der Waals surface area contributed by atoms with Gasteiger partial charge in [0.1, 0.15) is 5.69 Å². The van der Waals surface area contributed by atoms with Crippen LogP contribution in [-0.2, 0) is 0 Å². The molecule has 0 bridgehead atoms. The van der Waals surface area contributed by atoms with Gasteiger partial charge in [-0.25, -0.2) is 0 Å². The lowest BCUT2D eigenvalue weighted by molar-refractivity contribution is 0.0950. The standard InChI is InChI=1S/C15H18N2O/c1-11-7-6-9-15(2,3)13(11)17-14(18)12-8-4-5-10-16-12/h4-8,10H,9H2,1-3H3,(H,17,18). The molecule has 0 atom stereocenters. The van der Waals surface area contributed by atoms with E-state index in [1.807, 2.05) is 13.0 Å². The molecule has 1 aliphatic carbocycles. The van der Waals surface area contributed by atoms with Gasteiger partial charge in [-0.2, -0.15) is 0 Å². The van der Waals surface area contributed by atoms with Crippen molar-refractivity contribution in [3.8, 4) is 0 Å². The van der Waals surface area contributed by atoms with Gasteiger partial charge in [0.05, 0.1) is 0 Å². The molecule has 1 aromatic heterocycles. The van der Waals surface area contributed by atoms with Gasteiger partial charge >= 0.3 is 0 Å². The fourth-order valence-corrected chi connectivity index (χ4v) is 2.19. The number of nitrogens with zero attached hydrogens (tertiary/aromatic N) is 1. The van der Waals surface area contributed by atoms with Crippen molar-refractivity contribution in [3.63, 3.8) is 0 Å². The summed E-state index contributed by atoms with van der Waals surface area (Å²) < 4.78 is 0. The summed E-state index contributed by atoms with van der Waals surface area (Å²) in [5.74, 6) is -0.145. The Morgan fingerprint density at radius 2 is 2.17 bits per heavy atom. The Balaban J connectivity index is 2.24. The van der Waals surface area contributed by atoms with E-state index in [-0.39, 0.29) is 11.3 Å². The van der Waals surface area contributed by atoms with Gasteiger partial charge in [0, 0.05) is 17.3 Å². The molecule has 3 heteroatoms. The summed E-state index contributed by atoms with van der Waals surface area (Å²) in [7, 11) is 0. The van der Waals surface area contributed by atoms with Gasteiger partial charge in [-0.3, -0.25) is 9.78 Å². The molecule has 0 unspecified atom stereocenters. The molecule has 0 saturated heterocycles. The number of hydrogen-bond donors (Lipinski definition) is 1. The zero-order valence-electron chi connectivity index (χ0n) is 11.0. The molecule has 18 heavy (non-hydrogen) atoms. The molecule has 1 heterocycles. The lowest BCUT2D eigenvalue weighted by atomic mass is 9.80. The molecule has 0 radical (unpaired) electrons. The van der Waals surface area contributed by atoms with E-state index in [1.165, 1.54) is 0 Å². The van der Waals surface area contributed by atoms with Crippen LogP contribution >= 0.6 is 0 Å². The van der Waals surface area contributed by atoms with Crippen LogP contribution in [0.1, 0.15) is 37.7 Å². The molecule has 3 nitrogen and oxygen atoms in total. The number of pyridine rings is 1. The van der Waals surface area contributed by atoms with Gasteiger partial charge in [-0.05, 0) is 31.1 Å². The van der Waals surface area contributed by atoms with Gasteiger partial charge in [-0.1, -0.05) is 32.1 Å². The van der Waals surface area contributed by atoms with Crippen molar-refractivity contribution >= 4 is 5.91 Å². The molecule has 1 aliphatic rings. The van der Waals surface area contributed by atoms with Crippen molar-refractivity contribution in [1.82, 2.24) is 10.3 Å². The quantitative estimate of drug-likeness (QED) is 0.866. The van der Waals surface area contributed by atoms with E-state index in [1.54, 1.807) is 18.3 Å². The molecular weight excluding hydrogens is 224 g/mol. The monoisotopic (exact) mass is 242 g/mol. The molecule has 94 valence electrons. The first kappa shape index (κ1) is 12.6. The zero-order valence-corrected chi connectivity index (χ0v) is 11.0. The summed E-state index contributed by atoms with van der Waals surface area (Å²) in [5.41, 5.74) is 2.50. The van der Waals surface area contributed by atoms with Crippen molar-refractivity contribution in [1.29, 1.82) is 0 Å². The number of allylic oxidation sites excluding steroid dienone is 4. The fourth-order valence-electron chi connectivity index (χ4n) is 2.19. The molecule has 1 aromatic rings. The highest BCUT2D eigenvalue weighted by molar-refractivity contribution is 5.93. The number of carbonyl (C=O) groups excluding carboxylic acids is 1. The lowest BCUT2D eigenvalue weighted by Gasteiger charge is -2.31. The second-order valence-corrected chi connectivity index (χ2v) is 5.22. The van der Waals surface area contributed by atoms with E-state index in [0.717, 1.165) is 17.7 Å². The van der Waals surface area contributed by atoms with Gasteiger partial charge in [0.2, 0.25) is 0 Å². The highest BCUT2D eigenvalue weighted by Gasteiger charge is 2.27. The summed E-state index contributed by atoms with van der Waals surface area (Å²) in [6, 6.07) is 5.33. The predicted octanol–water partition coefficient (Wildman–Crippen LogP) is 3.07. The number of rotatable bonds is 2. The number of hydrogen-bond acceptors (Lipinski definition) is 2. The molecular formula is C15H18N2O. The highest BCUT2D eigenvalue weighted by Crippen LogP contribution is 2.34. The van der Waals surface area contributed by atoms with Crippen LogP contribution < -0.4 is 5.32 Å². The summed E-state index contributed by atoms with van der Waals surface area (Å²) in [5, 5.41) is 3.00. The van der Waals surface area contributed by atoms with Gasteiger partial charge < -0.3 is 5.32 Å². The molecule has 0 aromatic carbocycles. The Hall–Kier alpha value is -1.90. The van der Waals surface area contributed by atoms with Crippen LogP contribution in [0.5, 0.6) is 0 Å². The predicted molar refractivity (Wildman–Crippen MR) is 71.9 cm³/mol. The van der Waals surface area contributed by atoms with Crippen LogP contribution in [0.25, 0.3) is 0 Å². The zero-order chi connectivity index (χ0) is 13.2. The molecule has 0 aliphatic heterocycles. The maximum absolute atomic E-state index is 12.1. The Labute approximate surface area is 108 Å². The van der Waals surface area contributed by atoms with Crippen molar-refractivity contribution in [2.45, 2.75) is 27.2 Å². The third kappa shape index (κ3) is 2.50.